The van der Waals surface area contributed by atoms with Crippen LogP contribution >= 0.6 is 0 Å². The highest BCUT2D eigenvalue weighted by Gasteiger charge is 2.66. The standard InChI is InChI=1S/C29H31N3O3/c1-19(11-12-20-7-3-2-4-8-20)31-27(33)25-24-13-15-29(35-24)18-32(28(34)26(25)29)16-14-21-17-30-23-10-6-5-9-22(21)23/h2-10,13,15,17,19,24-26,30H,11-12,14,16,18H2,1H3,(H,31,33)/t19-,24-,25-,26+,29+/m1/s1. The van der Waals surface area contributed by atoms with Gasteiger partial charge in [-0.25, -0.2) is 0 Å². The van der Waals surface area contributed by atoms with Gasteiger partial charge in [0.15, 0.2) is 0 Å². The average molecular weight is 470 g/mol. The Hall–Kier alpha value is -3.38. The van der Waals surface area contributed by atoms with Crippen LogP contribution in [0, 0.1) is 11.8 Å². The Morgan fingerprint density at radius 3 is 2.83 bits per heavy atom. The first kappa shape index (κ1) is 22.1. The highest BCUT2D eigenvalue weighted by molar-refractivity contribution is 5.93. The Kier molecular flexibility index (Phi) is 5.49. The molecule has 5 atom stereocenters. The maximum Gasteiger partial charge on any atom is 0.230 e. The molecule has 0 aliphatic carbocycles. The Bertz CT molecular complexity index is 1280. The molecule has 35 heavy (non-hydrogen) atoms. The van der Waals surface area contributed by atoms with Gasteiger partial charge in [0, 0.05) is 29.7 Å². The monoisotopic (exact) mass is 469 g/mol. The first-order chi connectivity index (χ1) is 17.0. The molecule has 1 aromatic heterocycles. The summed E-state index contributed by atoms with van der Waals surface area (Å²) in [5.74, 6) is -0.945. The van der Waals surface area contributed by atoms with Gasteiger partial charge >= 0.3 is 0 Å². The van der Waals surface area contributed by atoms with Crippen LogP contribution in [0.5, 0.6) is 0 Å². The lowest BCUT2D eigenvalue weighted by Crippen LogP contribution is -2.46. The van der Waals surface area contributed by atoms with Gasteiger partial charge < -0.3 is 19.9 Å². The molecule has 2 bridgehead atoms. The van der Waals surface area contributed by atoms with Gasteiger partial charge in [-0.1, -0.05) is 60.7 Å². The molecule has 1 spiro atoms. The van der Waals surface area contributed by atoms with Crippen molar-refractivity contribution in [3.8, 4) is 0 Å². The number of rotatable bonds is 8. The second kappa shape index (κ2) is 8.68. The lowest BCUT2D eigenvalue weighted by Gasteiger charge is -2.25. The second-order valence-electron chi connectivity index (χ2n) is 10.2. The Labute approximate surface area is 205 Å². The quantitative estimate of drug-likeness (QED) is 0.495. The van der Waals surface area contributed by atoms with Gasteiger partial charge in [0.1, 0.15) is 5.60 Å². The topological polar surface area (TPSA) is 74.4 Å². The van der Waals surface area contributed by atoms with Crippen molar-refractivity contribution in [3.63, 3.8) is 0 Å². The number of nitrogens with zero attached hydrogens (tertiary/aromatic N) is 1. The third kappa shape index (κ3) is 3.86. The van der Waals surface area contributed by atoms with Crippen LogP contribution in [-0.4, -0.2) is 52.5 Å². The number of benzene rings is 2. The zero-order valence-corrected chi connectivity index (χ0v) is 19.9. The van der Waals surface area contributed by atoms with E-state index in [0.29, 0.717) is 13.1 Å². The number of nitrogens with one attached hydrogen (secondary N) is 2. The molecule has 0 saturated carbocycles. The fraction of sp³-hybridized carbons (Fsp3) is 0.379. The van der Waals surface area contributed by atoms with Gasteiger partial charge in [-0.15, -0.1) is 0 Å². The van der Waals surface area contributed by atoms with Gasteiger partial charge in [0.2, 0.25) is 11.8 Å². The number of hydrogen-bond acceptors (Lipinski definition) is 3. The van der Waals surface area contributed by atoms with Crippen LogP contribution in [0.2, 0.25) is 0 Å². The number of aromatic nitrogens is 1. The van der Waals surface area contributed by atoms with E-state index in [2.05, 4.69) is 34.6 Å². The van der Waals surface area contributed by atoms with E-state index < -0.39 is 17.4 Å². The van der Waals surface area contributed by atoms with Crippen molar-refractivity contribution in [1.29, 1.82) is 0 Å². The number of carbonyl (C=O) groups excluding carboxylic acids is 2. The van der Waals surface area contributed by atoms with E-state index in [9.17, 15) is 9.59 Å². The summed E-state index contributed by atoms with van der Waals surface area (Å²) in [6.07, 6.45) is 8.23. The van der Waals surface area contributed by atoms with Gasteiger partial charge in [-0.05, 0) is 43.4 Å². The SMILES string of the molecule is C[C@H](CCc1ccccc1)NC(=O)[C@H]1[C@H]2C(=O)N(CCc3c[nH]c4ccccc34)C[C@@]23C=C[C@H]1O3. The van der Waals surface area contributed by atoms with Crippen LogP contribution in [0.1, 0.15) is 24.5 Å². The summed E-state index contributed by atoms with van der Waals surface area (Å²) in [7, 11) is 0. The number of ether oxygens (including phenoxy) is 1. The van der Waals surface area contributed by atoms with Crippen LogP contribution in [0.15, 0.2) is 72.9 Å². The lowest BCUT2D eigenvalue weighted by molar-refractivity contribution is -0.137. The summed E-state index contributed by atoms with van der Waals surface area (Å²) < 4.78 is 6.30. The molecule has 0 radical (unpaired) electrons. The minimum absolute atomic E-state index is 0.0243. The molecule has 0 unspecified atom stereocenters. The van der Waals surface area contributed by atoms with Gasteiger partial charge in [0.25, 0.3) is 0 Å². The third-order valence-corrected chi connectivity index (χ3v) is 7.90. The summed E-state index contributed by atoms with van der Waals surface area (Å²) >= 11 is 0. The van der Waals surface area contributed by atoms with E-state index in [1.54, 1.807) is 0 Å². The molecule has 3 aliphatic heterocycles. The number of hydrogen-bond donors (Lipinski definition) is 2. The highest BCUT2D eigenvalue weighted by atomic mass is 16.5. The van der Waals surface area contributed by atoms with E-state index in [-0.39, 0.29) is 24.0 Å². The first-order valence-electron chi connectivity index (χ1n) is 12.6. The minimum Gasteiger partial charge on any atom is -0.361 e. The maximum atomic E-state index is 13.5. The lowest BCUT2D eigenvalue weighted by atomic mass is 9.76. The van der Waals surface area contributed by atoms with E-state index in [4.69, 9.17) is 4.74 Å². The summed E-state index contributed by atoms with van der Waals surface area (Å²) in [5.41, 5.74) is 2.89. The largest absolute Gasteiger partial charge is 0.361 e. The number of para-hydroxylation sites is 1. The summed E-state index contributed by atoms with van der Waals surface area (Å²) in [6.45, 7) is 3.16. The van der Waals surface area contributed by atoms with E-state index in [1.807, 2.05) is 60.5 Å². The maximum absolute atomic E-state index is 13.5. The molecule has 2 fully saturated rings. The Morgan fingerprint density at radius 2 is 1.97 bits per heavy atom. The molecule has 6 heteroatoms. The summed E-state index contributed by atoms with van der Waals surface area (Å²) in [5, 5.41) is 4.36. The number of carbonyl (C=O) groups is 2. The van der Waals surface area contributed by atoms with Crippen molar-refractivity contribution in [2.75, 3.05) is 13.1 Å². The van der Waals surface area contributed by atoms with Crippen molar-refractivity contribution in [2.24, 2.45) is 11.8 Å². The van der Waals surface area contributed by atoms with Crippen molar-refractivity contribution in [1.82, 2.24) is 15.2 Å². The van der Waals surface area contributed by atoms with Crippen molar-refractivity contribution in [3.05, 3.63) is 84.1 Å². The Morgan fingerprint density at radius 1 is 1.17 bits per heavy atom. The molecule has 6 rings (SSSR count). The minimum atomic E-state index is -0.669. The van der Waals surface area contributed by atoms with Crippen LogP contribution in [0.4, 0.5) is 0 Å². The predicted octanol–water partition coefficient (Wildman–Crippen LogP) is 3.63. The van der Waals surface area contributed by atoms with Crippen LogP contribution < -0.4 is 5.32 Å². The van der Waals surface area contributed by atoms with Gasteiger partial charge in [0.05, 0.1) is 24.5 Å². The third-order valence-electron chi connectivity index (χ3n) is 7.90. The molecule has 2 aromatic carbocycles. The van der Waals surface area contributed by atoms with Crippen LogP contribution in [0.3, 0.4) is 0 Å². The highest BCUT2D eigenvalue weighted by Crippen LogP contribution is 2.51. The fourth-order valence-corrected chi connectivity index (χ4v) is 6.10. The first-order valence-corrected chi connectivity index (χ1v) is 12.6. The second-order valence-corrected chi connectivity index (χ2v) is 10.2. The van der Waals surface area contributed by atoms with E-state index in [0.717, 1.165) is 24.8 Å². The van der Waals surface area contributed by atoms with Crippen LogP contribution in [0.25, 0.3) is 10.9 Å². The molecule has 6 nitrogen and oxygen atoms in total. The zero-order valence-electron chi connectivity index (χ0n) is 19.9. The van der Waals surface area contributed by atoms with Crippen molar-refractivity contribution < 1.29 is 14.3 Å². The number of likely N-dealkylation sites (tertiary alicyclic amines) is 1. The molecule has 2 N–H and O–H groups in total. The predicted molar refractivity (Wildman–Crippen MR) is 135 cm³/mol. The normalized spacial score (nSPS) is 27.5. The molecule has 3 aromatic rings. The molecule has 2 amide bonds. The van der Waals surface area contributed by atoms with E-state index >= 15 is 0 Å². The molecule has 4 heterocycles. The average Bonchev–Trinajstić information content (AvgIpc) is 3.62. The van der Waals surface area contributed by atoms with Crippen molar-refractivity contribution in [2.45, 2.75) is 43.9 Å². The van der Waals surface area contributed by atoms with Gasteiger partial charge in [-0.3, -0.25) is 9.59 Å². The number of aryl methyl sites for hydroxylation is 1. The molecule has 2 saturated heterocycles. The summed E-state index contributed by atoms with van der Waals surface area (Å²) in [6, 6.07) is 18.5. The molecule has 180 valence electrons. The molecule has 3 aliphatic rings. The fourth-order valence-electron chi connectivity index (χ4n) is 6.10. The number of fused-ring (bicyclic) bond motifs is 2. The number of aromatic amines is 1. The van der Waals surface area contributed by atoms with E-state index in [1.165, 1.54) is 16.5 Å². The van der Waals surface area contributed by atoms with Crippen molar-refractivity contribution >= 4 is 22.7 Å². The smallest absolute Gasteiger partial charge is 0.230 e. The van der Waals surface area contributed by atoms with Crippen LogP contribution in [-0.2, 0) is 27.2 Å². The zero-order chi connectivity index (χ0) is 24.0. The van der Waals surface area contributed by atoms with Gasteiger partial charge in [-0.2, -0.15) is 0 Å². The number of amides is 2. The summed E-state index contributed by atoms with van der Waals surface area (Å²) in [4.78, 5) is 32.1. The Balaban J connectivity index is 1.11. The molecular formula is C29H31N3O3. The molecular weight excluding hydrogens is 438 g/mol. The number of H-pyrrole nitrogens is 1.